The van der Waals surface area contributed by atoms with Gasteiger partial charge in [0.25, 0.3) is 10.1 Å². The van der Waals surface area contributed by atoms with Crippen LogP contribution in [0.25, 0.3) is 0 Å². The first kappa shape index (κ1) is 12.4. The Morgan fingerprint density at radius 1 is 1.41 bits per heavy atom. The van der Waals surface area contributed by atoms with Crippen molar-refractivity contribution in [1.29, 1.82) is 0 Å². The molecule has 0 aromatic heterocycles. The molecule has 0 aliphatic carbocycles. The van der Waals surface area contributed by atoms with Gasteiger partial charge >= 0.3 is 0 Å². The van der Waals surface area contributed by atoms with E-state index in [4.69, 9.17) is 9.29 Å². The molecule has 1 unspecified atom stereocenters. The summed E-state index contributed by atoms with van der Waals surface area (Å²) < 4.78 is 36.8. The second-order valence-electron chi connectivity index (χ2n) is 5.09. The fraction of sp³-hybridized carbons (Fsp3) is 0.500. The molecule has 1 aromatic rings. The van der Waals surface area contributed by atoms with Crippen LogP contribution in [-0.4, -0.2) is 19.6 Å². The van der Waals surface area contributed by atoms with Crippen LogP contribution in [0.1, 0.15) is 37.1 Å². The highest BCUT2D eigenvalue weighted by Gasteiger charge is 2.33. The van der Waals surface area contributed by atoms with Crippen LogP contribution >= 0.6 is 0 Å². The van der Waals surface area contributed by atoms with Crippen molar-refractivity contribution in [3.05, 3.63) is 29.3 Å². The molecular formula is C12H16O4S. The molecule has 0 spiro atoms. The van der Waals surface area contributed by atoms with E-state index in [-0.39, 0.29) is 5.41 Å². The molecule has 0 saturated carbocycles. The van der Waals surface area contributed by atoms with Gasteiger partial charge in [0.15, 0.2) is 0 Å². The lowest BCUT2D eigenvalue weighted by Gasteiger charge is -2.17. The molecule has 0 saturated heterocycles. The van der Waals surface area contributed by atoms with E-state index in [9.17, 15) is 8.42 Å². The molecule has 5 heteroatoms. The zero-order valence-electron chi connectivity index (χ0n) is 10.1. The minimum atomic E-state index is -4.05. The summed E-state index contributed by atoms with van der Waals surface area (Å²) in [6, 6.07) is 5.25. The molecule has 0 fully saturated rings. The number of fused-ring (bicyclic) bond motifs is 1. The third-order valence-corrected chi connectivity index (χ3v) is 4.40. The van der Waals surface area contributed by atoms with Gasteiger partial charge in [-0.3, -0.25) is 4.55 Å². The first-order chi connectivity index (χ1) is 7.72. The van der Waals surface area contributed by atoms with Crippen LogP contribution < -0.4 is 4.74 Å². The van der Waals surface area contributed by atoms with Crippen LogP contribution in [0.2, 0.25) is 0 Å². The largest absolute Gasteiger partial charge is 0.492 e. The van der Waals surface area contributed by atoms with E-state index in [1.54, 1.807) is 18.2 Å². The predicted molar refractivity (Wildman–Crippen MR) is 64.9 cm³/mol. The van der Waals surface area contributed by atoms with Crippen molar-refractivity contribution in [3.8, 4) is 5.75 Å². The highest BCUT2D eigenvalue weighted by molar-refractivity contribution is 7.86. The van der Waals surface area contributed by atoms with Gasteiger partial charge in [0, 0.05) is 11.0 Å². The molecule has 1 aliphatic rings. The lowest BCUT2D eigenvalue weighted by atomic mass is 9.86. The van der Waals surface area contributed by atoms with E-state index in [2.05, 4.69) is 0 Å². The van der Waals surface area contributed by atoms with Crippen molar-refractivity contribution in [2.75, 3.05) is 6.61 Å². The number of hydrogen-bond donors (Lipinski definition) is 1. The van der Waals surface area contributed by atoms with E-state index in [1.165, 1.54) is 6.92 Å². The van der Waals surface area contributed by atoms with E-state index in [0.717, 1.165) is 11.3 Å². The molecule has 17 heavy (non-hydrogen) atoms. The van der Waals surface area contributed by atoms with Gasteiger partial charge < -0.3 is 4.74 Å². The molecule has 1 N–H and O–H groups in total. The molecule has 0 bridgehead atoms. The van der Waals surface area contributed by atoms with Crippen LogP contribution in [0.4, 0.5) is 0 Å². The summed E-state index contributed by atoms with van der Waals surface area (Å²) in [5.74, 6) is 0.793. The minimum absolute atomic E-state index is 0.121. The maximum Gasteiger partial charge on any atom is 0.271 e. The zero-order chi connectivity index (χ0) is 12.8. The number of rotatable bonds is 2. The molecule has 1 aromatic carbocycles. The molecule has 1 heterocycles. The molecule has 94 valence electrons. The van der Waals surface area contributed by atoms with E-state index < -0.39 is 15.4 Å². The molecule has 0 radical (unpaired) electrons. The minimum Gasteiger partial charge on any atom is -0.492 e. The highest BCUT2D eigenvalue weighted by atomic mass is 32.2. The van der Waals surface area contributed by atoms with Gasteiger partial charge in [-0.2, -0.15) is 8.42 Å². The summed E-state index contributed by atoms with van der Waals surface area (Å²) in [4.78, 5) is 0. The van der Waals surface area contributed by atoms with Gasteiger partial charge in [-0.1, -0.05) is 26.0 Å². The van der Waals surface area contributed by atoms with Crippen molar-refractivity contribution < 1.29 is 17.7 Å². The van der Waals surface area contributed by atoms with Crippen molar-refractivity contribution >= 4 is 10.1 Å². The van der Waals surface area contributed by atoms with Gasteiger partial charge in [0.1, 0.15) is 11.0 Å². The summed E-state index contributed by atoms with van der Waals surface area (Å²) >= 11 is 0. The van der Waals surface area contributed by atoms with Gasteiger partial charge in [0.2, 0.25) is 0 Å². The van der Waals surface area contributed by atoms with Crippen LogP contribution in [0.15, 0.2) is 18.2 Å². The topological polar surface area (TPSA) is 63.6 Å². The zero-order valence-corrected chi connectivity index (χ0v) is 10.9. The smallest absolute Gasteiger partial charge is 0.271 e. The summed E-state index contributed by atoms with van der Waals surface area (Å²) in [6.07, 6.45) is 0. The van der Waals surface area contributed by atoms with E-state index >= 15 is 0 Å². The van der Waals surface area contributed by atoms with Gasteiger partial charge in [-0.25, -0.2) is 0 Å². The van der Waals surface area contributed by atoms with E-state index in [1.807, 2.05) is 13.8 Å². The molecule has 2 rings (SSSR count). The third kappa shape index (κ3) is 2.17. The van der Waals surface area contributed by atoms with Gasteiger partial charge in [0.05, 0.1) is 6.61 Å². The van der Waals surface area contributed by atoms with Gasteiger partial charge in [-0.05, 0) is 18.6 Å². The SMILES string of the molecule is CC(c1ccc2c(c1)C(C)(C)CO2)S(=O)(=O)O. The molecule has 1 atom stereocenters. The average Bonchev–Trinajstić information content (AvgIpc) is 2.52. The predicted octanol–water partition coefficient (Wildman–Crippen LogP) is 2.31. The maximum absolute atomic E-state index is 11.1. The lowest BCUT2D eigenvalue weighted by Crippen LogP contribution is -2.18. The van der Waals surface area contributed by atoms with Crippen molar-refractivity contribution in [1.82, 2.24) is 0 Å². The summed E-state index contributed by atoms with van der Waals surface area (Å²) in [5.41, 5.74) is 1.46. The van der Waals surface area contributed by atoms with E-state index in [0.29, 0.717) is 12.2 Å². The number of hydrogen-bond acceptors (Lipinski definition) is 3. The molecular weight excluding hydrogens is 240 g/mol. The standard InChI is InChI=1S/C12H16O4S/c1-8(17(13,14)15)9-4-5-11-10(6-9)12(2,3)7-16-11/h4-6,8H,7H2,1-3H3,(H,13,14,15). The summed E-state index contributed by atoms with van der Waals surface area (Å²) in [5, 5.41) is -0.913. The second kappa shape index (κ2) is 3.71. The van der Waals surface area contributed by atoms with Crippen LogP contribution in [0.3, 0.4) is 0 Å². The fourth-order valence-electron chi connectivity index (χ4n) is 1.96. The highest BCUT2D eigenvalue weighted by Crippen LogP contribution is 2.40. The first-order valence-corrected chi connectivity index (χ1v) is 6.96. The summed E-state index contributed by atoms with van der Waals surface area (Å²) in [6.45, 7) is 6.15. The Morgan fingerprint density at radius 3 is 2.65 bits per heavy atom. The Morgan fingerprint density at radius 2 is 2.06 bits per heavy atom. The number of benzene rings is 1. The number of ether oxygens (including phenoxy) is 1. The monoisotopic (exact) mass is 256 g/mol. The van der Waals surface area contributed by atoms with Gasteiger partial charge in [-0.15, -0.1) is 0 Å². The Hall–Kier alpha value is -1.07. The van der Waals surface area contributed by atoms with Crippen LogP contribution in [0.5, 0.6) is 5.75 Å². The Kier molecular flexibility index (Phi) is 2.71. The Balaban J connectivity index is 2.48. The van der Waals surface area contributed by atoms with Crippen LogP contribution in [0, 0.1) is 0 Å². The Bertz CT molecular complexity index is 546. The lowest BCUT2D eigenvalue weighted by molar-refractivity contribution is 0.291. The Labute approximate surface area is 101 Å². The molecule has 1 aliphatic heterocycles. The van der Waals surface area contributed by atoms with Crippen LogP contribution in [-0.2, 0) is 15.5 Å². The molecule has 0 amide bonds. The first-order valence-electron chi connectivity index (χ1n) is 5.45. The third-order valence-electron chi connectivity index (χ3n) is 3.24. The van der Waals surface area contributed by atoms with Crippen molar-refractivity contribution in [3.63, 3.8) is 0 Å². The second-order valence-corrected chi connectivity index (χ2v) is 6.82. The van der Waals surface area contributed by atoms with Crippen molar-refractivity contribution in [2.45, 2.75) is 31.4 Å². The average molecular weight is 256 g/mol. The maximum atomic E-state index is 11.1. The normalized spacial score (nSPS) is 19.5. The van der Waals surface area contributed by atoms with Crippen molar-refractivity contribution in [2.24, 2.45) is 0 Å². The summed E-state index contributed by atoms with van der Waals surface area (Å²) in [7, 11) is -4.05. The fourth-order valence-corrected chi connectivity index (χ4v) is 2.45. The quantitative estimate of drug-likeness (QED) is 0.825. The molecule has 4 nitrogen and oxygen atoms in total.